The molecule has 1 aliphatic rings. The zero-order chi connectivity index (χ0) is 18.4. The molecule has 3 N–H and O–H groups in total. The van der Waals surface area contributed by atoms with Crippen molar-refractivity contribution in [3.8, 4) is 5.75 Å². The summed E-state index contributed by atoms with van der Waals surface area (Å²) in [5, 5.41) is 3.08. The molecule has 0 spiro atoms. The van der Waals surface area contributed by atoms with Gasteiger partial charge in [0.25, 0.3) is 0 Å². The topological polar surface area (TPSA) is 69.4 Å². The second kappa shape index (κ2) is 9.02. The lowest BCUT2D eigenvalue weighted by Gasteiger charge is -2.08. The number of pyridine rings is 1. The van der Waals surface area contributed by atoms with Crippen LogP contribution in [0.3, 0.4) is 0 Å². The molecule has 0 radical (unpaired) electrons. The van der Waals surface area contributed by atoms with Crippen molar-refractivity contribution in [3.05, 3.63) is 53.6 Å². The van der Waals surface area contributed by atoms with E-state index in [1.54, 1.807) is 6.07 Å². The minimum absolute atomic E-state index is 0.456. The maximum Gasteiger partial charge on any atom is 0.144 e. The van der Waals surface area contributed by atoms with Crippen LogP contribution in [0.2, 0.25) is 0 Å². The molecule has 1 aliphatic heterocycles. The minimum Gasteiger partial charge on any atom is -0.494 e. The highest BCUT2D eigenvalue weighted by Crippen LogP contribution is 2.33. The van der Waals surface area contributed by atoms with E-state index in [9.17, 15) is 0 Å². The van der Waals surface area contributed by atoms with E-state index in [0.29, 0.717) is 5.82 Å². The Hall–Kier alpha value is -2.09. The largest absolute Gasteiger partial charge is 0.494 e. The van der Waals surface area contributed by atoms with Crippen LogP contribution >= 0.6 is 21.1 Å². The van der Waals surface area contributed by atoms with Gasteiger partial charge in [0.15, 0.2) is 0 Å². The van der Waals surface area contributed by atoms with Gasteiger partial charge >= 0.3 is 0 Å². The molecule has 0 bridgehead atoms. The van der Waals surface area contributed by atoms with Gasteiger partial charge < -0.3 is 18.9 Å². The number of rotatable bonds is 8. The molecule has 138 valence electrons. The highest BCUT2D eigenvalue weighted by atomic mass is 127. The van der Waals surface area contributed by atoms with Gasteiger partial charge in [-0.15, -0.1) is 0 Å². The first-order chi connectivity index (χ1) is 12.7. The summed E-state index contributed by atoms with van der Waals surface area (Å²) in [6, 6.07) is 12.1. The summed E-state index contributed by atoms with van der Waals surface area (Å²) in [5.74, 6) is 3.06. The summed E-state index contributed by atoms with van der Waals surface area (Å²) >= 11 is -0.456. The van der Waals surface area contributed by atoms with E-state index < -0.39 is 21.1 Å². The number of halogens is 1. The Balaban J connectivity index is 1.65. The van der Waals surface area contributed by atoms with Gasteiger partial charge in [-0.25, -0.2) is 4.98 Å². The van der Waals surface area contributed by atoms with Crippen LogP contribution in [0, 0.1) is 0 Å². The highest BCUT2D eigenvalue weighted by molar-refractivity contribution is 14.2. The van der Waals surface area contributed by atoms with Crippen LogP contribution in [-0.2, 0) is 9.49 Å². The van der Waals surface area contributed by atoms with Crippen molar-refractivity contribution >= 4 is 42.0 Å². The number of unbranched alkanes of at least 4 members (excludes halogenated alkanes) is 1. The number of nitrogens with two attached hydrogens (primary N) is 1. The van der Waals surface area contributed by atoms with Crippen molar-refractivity contribution in [2.24, 2.45) is 0 Å². The summed E-state index contributed by atoms with van der Waals surface area (Å²) in [6.45, 7) is 2.94. The van der Waals surface area contributed by atoms with Crippen molar-refractivity contribution < 1.29 is 7.80 Å². The molecule has 0 amide bonds. The fraction of sp³-hybridized carbons (Fsp3) is 0.300. The first kappa shape index (κ1) is 18.7. The molecule has 0 fully saturated rings. The van der Waals surface area contributed by atoms with E-state index in [0.717, 1.165) is 48.8 Å². The predicted octanol–water partition coefficient (Wildman–Crippen LogP) is 4.56. The van der Waals surface area contributed by atoms with E-state index >= 15 is 0 Å². The molecule has 6 heteroatoms. The minimum atomic E-state index is -0.456. The SMILES string of the molecule is CCCCOc1ccc(CC2=IOC(c3ccc(N)nc3NC)=C2)cc1. The summed E-state index contributed by atoms with van der Waals surface area (Å²) < 4.78 is 13.0. The van der Waals surface area contributed by atoms with Crippen molar-refractivity contribution in [2.45, 2.75) is 26.2 Å². The number of allylic oxidation sites excluding steroid dienone is 1. The Kier molecular flexibility index (Phi) is 6.49. The quantitative estimate of drug-likeness (QED) is 0.442. The van der Waals surface area contributed by atoms with Crippen molar-refractivity contribution in [1.82, 2.24) is 4.98 Å². The number of hydrogen-bond donors (Lipinski definition) is 2. The number of hydrogen-bond acceptors (Lipinski definition) is 5. The Bertz CT molecular complexity index is 816. The molecule has 0 saturated carbocycles. The van der Waals surface area contributed by atoms with Gasteiger partial charge in [-0.3, -0.25) is 0 Å². The van der Waals surface area contributed by atoms with E-state index in [1.165, 1.54) is 9.07 Å². The molecule has 0 saturated heterocycles. The molecular formula is C20H24IN3O2. The third-order valence-corrected chi connectivity index (χ3v) is 5.94. The van der Waals surface area contributed by atoms with Crippen LogP contribution in [0.4, 0.5) is 11.6 Å². The fourth-order valence-corrected chi connectivity index (χ4v) is 4.46. The van der Waals surface area contributed by atoms with E-state index in [1.807, 2.05) is 25.2 Å². The van der Waals surface area contributed by atoms with E-state index in [2.05, 4.69) is 35.4 Å². The average Bonchev–Trinajstić information content (AvgIpc) is 3.11. The molecule has 2 aromatic rings. The lowest BCUT2D eigenvalue weighted by Crippen LogP contribution is -2.01. The normalized spacial score (nSPS) is 13.3. The standard InChI is InChI=1S/C20H24IN3O2/c1-3-4-11-25-16-7-5-14(6-8-16)12-15-13-18(26-21-15)17-9-10-19(22)24-20(17)23-2/h5-10,13H,3-4,11-12H2,1-2H3,(H3,22,23,24). The van der Waals surface area contributed by atoms with E-state index in [4.69, 9.17) is 13.5 Å². The first-order valence-corrected chi connectivity index (χ1v) is 10.7. The van der Waals surface area contributed by atoms with Gasteiger partial charge in [0.2, 0.25) is 0 Å². The second-order valence-corrected chi connectivity index (χ2v) is 8.28. The van der Waals surface area contributed by atoms with Gasteiger partial charge in [-0.1, -0.05) is 25.5 Å². The lowest BCUT2D eigenvalue weighted by molar-refractivity contribution is 0.309. The highest BCUT2D eigenvalue weighted by Gasteiger charge is 2.16. The lowest BCUT2D eigenvalue weighted by atomic mass is 10.1. The van der Waals surface area contributed by atoms with Gasteiger partial charge in [-0.05, 0) is 42.3 Å². The van der Waals surface area contributed by atoms with Crippen molar-refractivity contribution in [2.75, 3.05) is 24.7 Å². The molecule has 2 heterocycles. The summed E-state index contributed by atoms with van der Waals surface area (Å²) in [7, 11) is 1.84. The van der Waals surface area contributed by atoms with Crippen molar-refractivity contribution in [3.63, 3.8) is 0 Å². The fourth-order valence-electron chi connectivity index (χ4n) is 2.57. The Morgan fingerprint density at radius 1 is 1.19 bits per heavy atom. The van der Waals surface area contributed by atoms with Crippen LogP contribution in [0.15, 0.2) is 42.5 Å². The molecule has 3 rings (SSSR count). The zero-order valence-electron chi connectivity index (χ0n) is 15.1. The van der Waals surface area contributed by atoms with Gasteiger partial charge in [0, 0.05) is 17.0 Å². The Morgan fingerprint density at radius 2 is 2.00 bits per heavy atom. The van der Waals surface area contributed by atoms with Gasteiger partial charge in [0.05, 0.1) is 12.2 Å². The molecule has 26 heavy (non-hydrogen) atoms. The zero-order valence-corrected chi connectivity index (χ0v) is 17.2. The average molecular weight is 465 g/mol. The van der Waals surface area contributed by atoms with Crippen LogP contribution in [0.5, 0.6) is 5.75 Å². The number of benzene rings is 1. The third kappa shape index (κ3) is 4.75. The number of nitrogens with one attached hydrogen (secondary N) is 1. The molecule has 0 atom stereocenters. The number of nitrogen functional groups attached to an aromatic ring is 1. The summed E-state index contributed by atoms with van der Waals surface area (Å²) in [5.41, 5.74) is 7.99. The Labute approximate surface area is 164 Å². The summed E-state index contributed by atoms with van der Waals surface area (Å²) in [6.07, 6.45) is 5.29. The first-order valence-electron chi connectivity index (χ1n) is 8.75. The molecule has 1 aromatic heterocycles. The molecule has 0 aliphatic carbocycles. The smallest absolute Gasteiger partial charge is 0.144 e. The van der Waals surface area contributed by atoms with Crippen LogP contribution in [0.25, 0.3) is 5.76 Å². The monoisotopic (exact) mass is 465 g/mol. The van der Waals surface area contributed by atoms with Gasteiger partial charge in [-0.2, -0.15) is 0 Å². The predicted molar refractivity (Wildman–Crippen MR) is 117 cm³/mol. The molecule has 1 aromatic carbocycles. The number of anilines is 2. The number of ether oxygens (including phenoxy) is 1. The molecule has 0 unspecified atom stereocenters. The number of aromatic nitrogens is 1. The molecular weight excluding hydrogens is 441 g/mol. The number of nitrogens with zero attached hydrogens (tertiary/aromatic N) is 1. The van der Waals surface area contributed by atoms with Crippen LogP contribution in [0.1, 0.15) is 30.9 Å². The van der Waals surface area contributed by atoms with E-state index in [-0.39, 0.29) is 0 Å². The Morgan fingerprint density at radius 3 is 2.73 bits per heavy atom. The van der Waals surface area contributed by atoms with Crippen LogP contribution in [-0.4, -0.2) is 22.1 Å². The van der Waals surface area contributed by atoms with Crippen molar-refractivity contribution in [1.29, 1.82) is 0 Å². The summed E-state index contributed by atoms with van der Waals surface area (Å²) in [4.78, 5) is 4.32. The van der Waals surface area contributed by atoms with Gasteiger partial charge in [0.1, 0.15) is 44.3 Å². The maximum absolute atomic E-state index is 5.98. The molecule has 5 nitrogen and oxygen atoms in total. The second-order valence-electron chi connectivity index (χ2n) is 6.01. The third-order valence-electron chi connectivity index (χ3n) is 3.99. The van der Waals surface area contributed by atoms with Crippen LogP contribution < -0.4 is 15.8 Å². The maximum atomic E-state index is 5.98.